The number of carbonyl (C=O) groups is 1. The zero-order valence-corrected chi connectivity index (χ0v) is 11.9. The Morgan fingerprint density at radius 3 is 2.84 bits per heavy atom. The third-order valence-corrected chi connectivity index (χ3v) is 3.65. The van der Waals surface area contributed by atoms with Gasteiger partial charge in [-0.05, 0) is 58.4 Å². The molecule has 19 heavy (non-hydrogen) atoms. The maximum atomic E-state index is 12.5. The van der Waals surface area contributed by atoms with Gasteiger partial charge in [-0.2, -0.15) is 0 Å². The van der Waals surface area contributed by atoms with Gasteiger partial charge >= 0.3 is 0 Å². The van der Waals surface area contributed by atoms with Crippen molar-refractivity contribution >= 4 is 5.91 Å². The number of hydrogen-bond donors (Lipinski definition) is 0. The second kappa shape index (κ2) is 6.14. The maximum absolute atomic E-state index is 12.5. The molecular formula is C13H22N4O2. The highest BCUT2D eigenvalue weighted by Crippen LogP contribution is 2.22. The molecule has 0 aromatic carbocycles. The zero-order valence-electron chi connectivity index (χ0n) is 11.9. The Labute approximate surface area is 113 Å². The number of aromatic nitrogens is 2. The van der Waals surface area contributed by atoms with E-state index in [0.29, 0.717) is 17.4 Å². The van der Waals surface area contributed by atoms with Crippen molar-refractivity contribution in [2.75, 3.05) is 27.2 Å². The van der Waals surface area contributed by atoms with Gasteiger partial charge in [0, 0.05) is 12.6 Å². The minimum atomic E-state index is -0.0396. The summed E-state index contributed by atoms with van der Waals surface area (Å²) in [6.07, 6.45) is 4.33. The first-order valence-electron chi connectivity index (χ1n) is 6.84. The molecule has 2 heterocycles. The zero-order chi connectivity index (χ0) is 13.8. The Morgan fingerprint density at radius 2 is 2.21 bits per heavy atom. The number of rotatable bonds is 4. The molecule has 1 aromatic rings. The number of carbonyl (C=O) groups excluding carboxylic acids is 1. The molecule has 1 saturated heterocycles. The van der Waals surface area contributed by atoms with Crippen LogP contribution in [-0.4, -0.2) is 59.2 Å². The molecule has 0 aliphatic carbocycles. The molecular weight excluding hydrogens is 244 g/mol. The highest BCUT2D eigenvalue weighted by molar-refractivity contribution is 5.93. The minimum Gasteiger partial charge on any atom is -0.334 e. The molecule has 2 rings (SSSR count). The van der Waals surface area contributed by atoms with Gasteiger partial charge in [-0.25, -0.2) is 4.63 Å². The summed E-state index contributed by atoms with van der Waals surface area (Å²) in [6.45, 7) is 3.55. The first kappa shape index (κ1) is 14.0. The summed E-state index contributed by atoms with van der Waals surface area (Å²) in [5.41, 5.74) is 0.929. The van der Waals surface area contributed by atoms with Crippen molar-refractivity contribution in [3.05, 3.63) is 11.4 Å². The van der Waals surface area contributed by atoms with Gasteiger partial charge in [0.1, 0.15) is 5.69 Å². The molecule has 1 fully saturated rings. The first-order valence-corrected chi connectivity index (χ1v) is 6.84. The van der Waals surface area contributed by atoms with Crippen molar-refractivity contribution in [3.8, 4) is 0 Å². The summed E-state index contributed by atoms with van der Waals surface area (Å²) in [5.74, 6) is -0.0396. The molecule has 6 nitrogen and oxygen atoms in total. The smallest absolute Gasteiger partial charge is 0.278 e. The van der Waals surface area contributed by atoms with Crippen molar-refractivity contribution in [2.45, 2.75) is 38.6 Å². The molecule has 0 spiro atoms. The number of hydrogen-bond acceptors (Lipinski definition) is 5. The second-order valence-electron chi connectivity index (χ2n) is 5.44. The molecule has 1 amide bonds. The predicted molar refractivity (Wildman–Crippen MR) is 70.9 cm³/mol. The van der Waals surface area contributed by atoms with Gasteiger partial charge in [0.2, 0.25) is 0 Å². The number of nitrogens with zero attached hydrogens (tertiary/aromatic N) is 4. The second-order valence-corrected chi connectivity index (χ2v) is 5.44. The van der Waals surface area contributed by atoms with Crippen molar-refractivity contribution in [2.24, 2.45) is 0 Å². The fraction of sp³-hybridized carbons (Fsp3) is 0.769. The Morgan fingerprint density at radius 1 is 1.42 bits per heavy atom. The molecule has 1 unspecified atom stereocenters. The van der Waals surface area contributed by atoms with Crippen LogP contribution in [0.5, 0.6) is 0 Å². The molecule has 106 valence electrons. The third-order valence-electron chi connectivity index (χ3n) is 3.65. The number of amides is 1. The molecule has 0 radical (unpaired) electrons. The van der Waals surface area contributed by atoms with E-state index in [2.05, 4.69) is 33.9 Å². The number of likely N-dealkylation sites (tertiary alicyclic amines) is 1. The number of aryl methyl sites for hydroxylation is 1. The van der Waals surface area contributed by atoms with Crippen LogP contribution in [0.2, 0.25) is 0 Å². The fourth-order valence-electron chi connectivity index (χ4n) is 2.54. The van der Waals surface area contributed by atoms with E-state index < -0.39 is 0 Å². The Hall–Kier alpha value is -1.43. The van der Waals surface area contributed by atoms with E-state index >= 15 is 0 Å². The summed E-state index contributed by atoms with van der Waals surface area (Å²) in [6, 6.07) is 0.305. The van der Waals surface area contributed by atoms with E-state index in [1.54, 1.807) is 6.92 Å². The lowest BCUT2D eigenvalue weighted by atomic mass is 9.98. The van der Waals surface area contributed by atoms with Crippen LogP contribution in [0.25, 0.3) is 0 Å². The molecule has 0 N–H and O–H groups in total. The molecule has 0 saturated carbocycles. The van der Waals surface area contributed by atoms with E-state index in [-0.39, 0.29) is 5.91 Å². The maximum Gasteiger partial charge on any atom is 0.278 e. The normalized spacial score (nSPS) is 20.0. The summed E-state index contributed by atoms with van der Waals surface area (Å²) in [5, 5.41) is 7.42. The van der Waals surface area contributed by atoms with E-state index in [4.69, 9.17) is 0 Å². The van der Waals surface area contributed by atoms with E-state index in [1.165, 1.54) is 6.42 Å². The standard InChI is InChI=1S/C13H22N4O2/c1-10-12(15-19-14-10)13(18)17-8-5-4-6-11(17)7-9-16(2)3/h11H,4-9H2,1-3H3. The van der Waals surface area contributed by atoms with Gasteiger partial charge in [-0.1, -0.05) is 5.16 Å². The molecule has 6 heteroatoms. The lowest BCUT2D eigenvalue weighted by Gasteiger charge is -2.36. The van der Waals surface area contributed by atoms with Crippen molar-refractivity contribution in [1.82, 2.24) is 20.1 Å². The lowest BCUT2D eigenvalue weighted by molar-refractivity contribution is 0.0579. The molecule has 1 aliphatic heterocycles. The Bertz CT molecular complexity index is 430. The van der Waals surface area contributed by atoms with Gasteiger partial charge in [-0.15, -0.1) is 0 Å². The van der Waals surface area contributed by atoms with Crippen molar-refractivity contribution in [1.29, 1.82) is 0 Å². The van der Waals surface area contributed by atoms with Gasteiger partial charge in [0.05, 0.1) is 0 Å². The number of piperidine rings is 1. The van der Waals surface area contributed by atoms with Crippen LogP contribution in [0.4, 0.5) is 0 Å². The van der Waals surface area contributed by atoms with Crippen LogP contribution in [0.15, 0.2) is 4.63 Å². The lowest BCUT2D eigenvalue weighted by Crippen LogP contribution is -2.45. The highest BCUT2D eigenvalue weighted by atomic mass is 16.6. The summed E-state index contributed by atoms with van der Waals surface area (Å²) in [7, 11) is 4.11. The van der Waals surface area contributed by atoms with Crippen LogP contribution in [0, 0.1) is 6.92 Å². The SMILES string of the molecule is Cc1nonc1C(=O)N1CCCCC1CCN(C)C. The highest BCUT2D eigenvalue weighted by Gasteiger charge is 2.30. The molecule has 0 bridgehead atoms. The summed E-state index contributed by atoms with van der Waals surface area (Å²) in [4.78, 5) is 16.6. The van der Waals surface area contributed by atoms with Gasteiger partial charge in [0.25, 0.3) is 5.91 Å². The van der Waals surface area contributed by atoms with E-state index in [1.807, 2.05) is 4.90 Å². The third kappa shape index (κ3) is 3.32. The molecule has 1 atom stereocenters. The average molecular weight is 266 g/mol. The predicted octanol–water partition coefficient (Wildman–Crippen LogP) is 1.32. The van der Waals surface area contributed by atoms with Crippen molar-refractivity contribution < 1.29 is 9.42 Å². The monoisotopic (exact) mass is 266 g/mol. The molecule has 1 aliphatic rings. The van der Waals surface area contributed by atoms with Crippen LogP contribution in [0.3, 0.4) is 0 Å². The van der Waals surface area contributed by atoms with Gasteiger partial charge in [0.15, 0.2) is 5.69 Å². The summed E-state index contributed by atoms with van der Waals surface area (Å²) < 4.78 is 4.63. The van der Waals surface area contributed by atoms with E-state index in [9.17, 15) is 4.79 Å². The summed E-state index contributed by atoms with van der Waals surface area (Å²) >= 11 is 0. The average Bonchev–Trinajstić information content (AvgIpc) is 2.82. The minimum absolute atomic E-state index is 0.0396. The molecule has 1 aromatic heterocycles. The first-order chi connectivity index (χ1) is 9.09. The van der Waals surface area contributed by atoms with Gasteiger partial charge in [-0.3, -0.25) is 4.79 Å². The van der Waals surface area contributed by atoms with Crippen LogP contribution in [-0.2, 0) is 0 Å². The largest absolute Gasteiger partial charge is 0.334 e. The topological polar surface area (TPSA) is 62.5 Å². The fourth-order valence-corrected chi connectivity index (χ4v) is 2.54. The van der Waals surface area contributed by atoms with Crippen LogP contribution < -0.4 is 0 Å². The van der Waals surface area contributed by atoms with E-state index in [0.717, 1.165) is 32.4 Å². The Kier molecular flexibility index (Phi) is 4.52. The Balaban J connectivity index is 2.06. The quantitative estimate of drug-likeness (QED) is 0.822. The van der Waals surface area contributed by atoms with Crippen LogP contribution >= 0.6 is 0 Å². The van der Waals surface area contributed by atoms with Crippen molar-refractivity contribution in [3.63, 3.8) is 0 Å². The van der Waals surface area contributed by atoms with Gasteiger partial charge < -0.3 is 9.80 Å². The van der Waals surface area contributed by atoms with Crippen LogP contribution in [0.1, 0.15) is 41.9 Å².